The van der Waals surface area contributed by atoms with Crippen molar-refractivity contribution in [3.63, 3.8) is 0 Å². The van der Waals surface area contributed by atoms with E-state index in [0.29, 0.717) is 25.5 Å². The number of amides is 3. The minimum atomic E-state index is -0.190. The van der Waals surface area contributed by atoms with Gasteiger partial charge < -0.3 is 14.3 Å². The standard InChI is InChI=1S/C17H26N4O3/c1-17(2,3)13-11-14(19-24-13)18-16(23)21-8-4-7-20(9-10-21)15(22)12-5-6-12/h11-12H,4-10H2,1-3H3,(H,18,19,23). The summed E-state index contributed by atoms with van der Waals surface area (Å²) < 4.78 is 5.29. The molecular weight excluding hydrogens is 308 g/mol. The lowest BCUT2D eigenvalue weighted by atomic mass is 9.93. The molecule has 0 atom stereocenters. The van der Waals surface area contributed by atoms with Crippen molar-refractivity contribution in [2.45, 2.75) is 45.4 Å². The van der Waals surface area contributed by atoms with Crippen molar-refractivity contribution in [2.75, 3.05) is 31.5 Å². The molecule has 1 aliphatic heterocycles. The van der Waals surface area contributed by atoms with Crippen LogP contribution in [0.25, 0.3) is 0 Å². The molecule has 1 aromatic heterocycles. The molecule has 3 amide bonds. The van der Waals surface area contributed by atoms with E-state index >= 15 is 0 Å². The summed E-state index contributed by atoms with van der Waals surface area (Å²) in [6, 6.07) is 1.57. The average molecular weight is 334 g/mol. The van der Waals surface area contributed by atoms with Gasteiger partial charge in [-0.3, -0.25) is 10.1 Å². The van der Waals surface area contributed by atoms with Gasteiger partial charge in [-0.25, -0.2) is 4.79 Å². The lowest BCUT2D eigenvalue weighted by Gasteiger charge is -2.22. The second kappa shape index (κ2) is 6.45. The van der Waals surface area contributed by atoms with Crippen molar-refractivity contribution in [3.05, 3.63) is 11.8 Å². The van der Waals surface area contributed by atoms with Crippen LogP contribution in [-0.4, -0.2) is 53.1 Å². The van der Waals surface area contributed by atoms with Crippen LogP contribution >= 0.6 is 0 Å². The molecule has 0 spiro atoms. The number of carbonyl (C=O) groups is 2. The maximum absolute atomic E-state index is 12.4. The number of carbonyl (C=O) groups excluding carboxylic acids is 2. The van der Waals surface area contributed by atoms with Crippen LogP contribution in [0.5, 0.6) is 0 Å². The Balaban J connectivity index is 1.55. The Kier molecular flexibility index (Phi) is 4.51. The highest BCUT2D eigenvalue weighted by Crippen LogP contribution is 2.31. The van der Waals surface area contributed by atoms with Crippen molar-refractivity contribution >= 4 is 17.8 Å². The molecule has 0 radical (unpaired) electrons. The van der Waals surface area contributed by atoms with E-state index in [1.54, 1.807) is 11.0 Å². The molecule has 3 rings (SSSR count). The van der Waals surface area contributed by atoms with E-state index in [4.69, 9.17) is 4.52 Å². The van der Waals surface area contributed by atoms with Crippen LogP contribution in [0.3, 0.4) is 0 Å². The van der Waals surface area contributed by atoms with E-state index in [1.807, 2.05) is 25.7 Å². The van der Waals surface area contributed by atoms with Crippen molar-refractivity contribution in [1.29, 1.82) is 0 Å². The molecule has 1 aromatic rings. The highest BCUT2D eigenvalue weighted by Gasteiger charge is 2.34. The third-order valence-electron chi connectivity index (χ3n) is 4.51. The predicted molar refractivity (Wildman–Crippen MR) is 89.7 cm³/mol. The summed E-state index contributed by atoms with van der Waals surface area (Å²) in [7, 11) is 0. The van der Waals surface area contributed by atoms with Crippen molar-refractivity contribution in [3.8, 4) is 0 Å². The third-order valence-corrected chi connectivity index (χ3v) is 4.51. The van der Waals surface area contributed by atoms with Crippen LogP contribution in [0, 0.1) is 5.92 Å². The molecule has 1 saturated heterocycles. The number of urea groups is 1. The van der Waals surface area contributed by atoms with Crippen molar-refractivity contribution in [1.82, 2.24) is 15.0 Å². The first-order valence-electron chi connectivity index (χ1n) is 8.66. The van der Waals surface area contributed by atoms with Crippen molar-refractivity contribution < 1.29 is 14.1 Å². The van der Waals surface area contributed by atoms with Gasteiger partial charge in [0.15, 0.2) is 5.82 Å². The second-order valence-electron chi connectivity index (χ2n) is 7.70. The summed E-state index contributed by atoms with van der Waals surface area (Å²) in [6.45, 7) is 8.61. The third kappa shape index (κ3) is 3.88. The van der Waals surface area contributed by atoms with Gasteiger partial charge in [0.1, 0.15) is 5.76 Å². The molecule has 2 fully saturated rings. The molecule has 7 nitrogen and oxygen atoms in total. The number of hydrogen-bond acceptors (Lipinski definition) is 4. The normalized spacial score (nSPS) is 19.1. The lowest BCUT2D eigenvalue weighted by molar-refractivity contribution is -0.132. The first kappa shape index (κ1) is 16.8. The summed E-state index contributed by atoms with van der Waals surface area (Å²) in [5.74, 6) is 1.65. The molecule has 24 heavy (non-hydrogen) atoms. The second-order valence-corrected chi connectivity index (χ2v) is 7.70. The molecule has 2 aliphatic rings. The first-order valence-corrected chi connectivity index (χ1v) is 8.66. The Morgan fingerprint density at radius 1 is 1.17 bits per heavy atom. The number of hydrogen-bond donors (Lipinski definition) is 1. The quantitative estimate of drug-likeness (QED) is 0.901. The van der Waals surface area contributed by atoms with Gasteiger partial charge in [0.25, 0.3) is 0 Å². The molecule has 0 bridgehead atoms. The van der Waals surface area contributed by atoms with Gasteiger partial charge in [0.2, 0.25) is 5.91 Å². The minimum absolute atomic E-state index is 0.151. The molecule has 7 heteroatoms. The highest BCUT2D eigenvalue weighted by molar-refractivity contribution is 5.88. The van der Waals surface area contributed by atoms with Gasteiger partial charge >= 0.3 is 6.03 Å². The number of aromatic nitrogens is 1. The molecule has 0 unspecified atom stereocenters. The van der Waals surface area contributed by atoms with Crippen LogP contribution < -0.4 is 5.32 Å². The monoisotopic (exact) mass is 334 g/mol. The number of nitrogens with one attached hydrogen (secondary N) is 1. The lowest BCUT2D eigenvalue weighted by Crippen LogP contribution is -2.39. The number of anilines is 1. The van der Waals surface area contributed by atoms with E-state index in [-0.39, 0.29) is 23.3 Å². The van der Waals surface area contributed by atoms with Gasteiger partial charge in [-0.15, -0.1) is 0 Å². The van der Waals surface area contributed by atoms with E-state index in [1.165, 1.54) is 0 Å². The summed E-state index contributed by atoms with van der Waals surface area (Å²) in [5, 5.41) is 6.71. The topological polar surface area (TPSA) is 78.7 Å². The van der Waals surface area contributed by atoms with Crippen LogP contribution in [0.15, 0.2) is 10.6 Å². The molecular formula is C17H26N4O3. The predicted octanol–water partition coefficient (Wildman–Crippen LogP) is 2.45. The number of rotatable bonds is 2. The SMILES string of the molecule is CC(C)(C)c1cc(NC(=O)N2CCCN(C(=O)C3CC3)CC2)no1. The zero-order valence-corrected chi connectivity index (χ0v) is 14.7. The highest BCUT2D eigenvalue weighted by atomic mass is 16.5. The summed E-state index contributed by atoms with van der Waals surface area (Å²) in [4.78, 5) is 28.2. The van der Waals surface area contributed by atoms with Gasteiger partial charge in [-0.1, -0.05) is 25.9 Å². The number of nitrogens with zero attached hydrogens (tertiary/aromatic N) is 3. The fourth-order valence-electron chi connectivity index (χ4n) is 2.81. The summed E-state index contributed by atoms with van der Waals surface area (Å²) in [6.07, 6.45) is 2.83. The fraction of sp³-hybridized carbons (Fsp3) is 0.706. The summed E-state index contributed by atoms with van der Waals surface area (Å²) in [5.41, 5.74) is -0.151. The molecule has 1 aliphatic carbocycles. The maximum Gasteiger partial charge on any atom is 0.323 e. The van der Waals surface area contributed by atoms with Gasteiger partial charge in [0, 0.05) is 43.6 Å². The fourth-order valence-corrected chi connectivity index (χ4v) is 2.81. The molecule has 0 aromatic carbocycles. The molecule has 2 heterocycles. The zero-order valence-electron chi connectivity index (χ0n) is 14.7. The molecule has 1 N–H and O–H groups in total. The van der Waals surface area contributed by atoms with E-state index in [9.17, 15) is 9.59 Å². The first-order chi connectivity index (χ1) is 11.3. The van der Waals surface area contributed by atoms with Gasteiger partial charge in [-0.2, -0.15) is 0 Å². The van der Waals surface area contributed by atoms with Crippen LogP contribution in [0.1, 0.15) is 45.8 Å². The van der Waals surface area contributed by atoms with E-state index in [0.717, 1.165) is 31.6 Å². The summed E-state index contributed by atoms with van der Waals surface area (Å²) >= 11 is 0. The molecule has 132 valence electrons. The largest absolute Gasteiger partial charge is 0.359 e. The Bertz CT molecular complexity index is 616. The van der Waals surface area contributed by atoms with Gasteiger partial charge in [-0.05, 0) is 19.3 Å². The zero-order chi connectivity index (χ0) is 17.3. The minimum Gasteiger partial charge on any atom is -0.359 e. The van der Waals surface area contributed by atoms with Gasteiger partial charge in [0.05, 0.1) is 0 Å². The van der Waals surface area contributed by atoms with Crippen molar-refractivity contribution in [2.24, 2.45) is 5.92 Å². The molecule has 1 saturated carbocycles. The Morgan fingerprint density at radius 3 is 2.46 bits per heavy atom. The Labute approximate surface area is 142 Å². The average Bonchev–Trinajstić information content (AvgIpc) is 3.29. The van der Waals surface area contributed by atoms with Crippen LogP contribution in [-0.2, 0) is 10.2 Å². The Hall–Kier alpha value is -2.05. The maximum atomic E-state index is 12.4. The smallest absolute Gasteiger partial charge is 0.323 e. The van der Waals surface area contributed by atoms with E-state index < -0.39 is 0 Å². The van der Waals surface area contributed by atoms with Crippen LogP contribution in [0.4, 0.5) is 10.6 Å². The van der Waals surface area contributed by atoms with Crippen LogP contribution in [0.2, 0.25) is 0 Å². The Morgan fingerprint density at radius 2 is 1.83 bits per heavy atom. The van der Waals surface area contributed by atoms with E-state index in [2.05, 4.69) is 10.5 Å².